The van der Waals surface area contributed by atoms with E-state index in [1.165, 1.54) is 23.5 Å². The Morgan fingerprint density at radius 3 is 2.83 bits per heavy atom. The third kappa shape index (κ3) is 2.88. The third-order valence-corrected chi connectivity index (χ3v) is 4.04. The van der Waals surface area contributed by atoms with E-state index in [0.717, 1.165) is 10.4 Å². The Labute approximate surface area is 134 Å². The van der Waals surface area contributed by atoms with E-state index in [1.807, 2.05) is 17.5 Å². The second kappa shape index (κ2) is 5.73. The average molecular weight is 327 g/mol. The molecule has 0 fully saturated rings. The Morgan fingerprint density at radius 2 is 2.04 bits per heavy atom. The molecule has 0 radical (unpaired) electrons. The molecule has 0 aliphatic rings. The molecule has 4 rings (SSSR count). The molecule has 114 valence electrons. The van der Waals surface area contributed by atoms with Crippen molar-refractivity contribution in [2.45, 2.75) is 6.54 Å². The van der Waals surface area contributed by atoms with Crippen molar-refractivity contribution < 1.29 is 8.91 Å². The van der Waals surface area contributed by atoms with Crippen LogP contribution in [0.2, 0.25) is 0 Å². The Morgan fingerprint density at radius 1 is 1.17 bits per heavy atom. The fraction of sp³-hybridized carbons (Fsp3) is 0.0667. The van der Waals surface area contributed by atoms with Crippen LogP contribution in [0.5, 0.6) is 0 Å². The van der Waals surface area contributed by atoms with E-state index < -0.39 is 0 Å². The molecule has 0 bridgehead atoms. The van der Waals surface area contributed by atoms with Gasteiger partial charge in [-0.25, -0.2) is 9.07 Å². The maximum atomic E-state index is 12.9. The molecule has 0 unspecified atom stereocenters. The van der Waals surface area contributed by atoms with Crippen LogP contribution in [0.25, 0.3) is 22.3 Å². The van der Waals surface area contributed by atoms with Crippen LogP contribution in [0, 0.1) is 5.82 Å². The quantitative estimate of drug-likeness (QED) is 0.575. The van der Waals surface area contributed by atoms with Crippen LogP contribution in [0.4, 0.5) is 4.39 Å². The highest BCUT2D eigenvalue weighted by molar-refractivity contribution is 7.13. The predicted octanol–water partition coefficient (Wildman–Crippen LogP) is 3.24. The van der Waals surface area contributed by atoms with Crippen LogP contribution in [-0.4, -0.2) is 25.1 Å². The number of aromatic nitrogens is 5. The second-order valence-electron chi connectivity index (χ2n) is 4.83. The maximum absolute atomic E-state index is 12.9. The Bertz CT molecular complexity index is 914. The highest BCUT2D eigenvalue weighted by Crippen LogP contribution is 2.24. The highest BCUT2D eigenvalue weighted by atomic mass is 32.1. The lowest BCUT2D eigenvalue weighted by Crippen LogP contribution is -2.00. The number of hydrogen-bond donors (Lipinski definition) is 0. The summed E-state index contributed by atoms with van der Waals surface area (Å²) < 4.78 is 19.8. The van der Waals surface area contributed by atoms with Crippen molar-refractivity contribution in [1.29, 1.82) is 0 Å². The SMILES string of the molecule is Fc1ccc(Cn2cc(-c3noc(-c4cccs4)n3)nn2)cc1. The molecule has 1 aromatic carbocycles. The topological polar surface area (TPSA) is 69.6 Å². The fourth-order valence-corrected chi connectivity index (χ4v) is 2.73. The van der Waals surface area contributed by atoms with Gasteiger partial charge in [-0.1, -0.05) is 28.6 Å². The lowest BCUT2D eigenvalue weighted by molar-refractivity contribution is 0.433. The van der Waals surface area contributed by atoms with Crippen LogP contribution in [0.1, 0.15) is 5.56 Å². The number of rotatable bonds is 4. The van der Waals surface area contributed by atoms with Gasteiger partial charge in [-0.2, -0.15) is 4.98 Å². The second-order valence-corrected chi connectivity index (χ2v) is 5.78. The van der Waals surface area contributed by atoms with Gasteiger partial charge in [0.1, 0.15) is 5.82 Å². The minimum absolute atomic E-state index is 0.263. The summed E-state index contributed by atoms with van der Waals surface area (Å²) in [6.07, 6.45) is 1.73. The van der Waals surface area contributed by atoms with Gasteiger partial charge in [0.05, 0.1) is 17.6 Å². The van der Waals surface area contributed by atoms with E-state index >= 15 is 0 Å². The van der Waals surface area contributed by atoms with Gasteiger partial charge in [-0.15, -0.1) is 16.4 Å². The maximum Gasteiger partial charge on any atom is 0.268 e. The Balaban J connectivity index is 1.55. The molecule has 0 atom stereocenters. The molecule has 0 saturated carbocycles. The molecule has 0 spiro atoms. The Hall–Kier alpha value is -2.87. The zero-order valence-electron chi connectivity index (χ0n) is 11.8. The fourth-order valence-electron chi connectivity index (χ4n) is 2.08. The van der Waals surface area contributed by atoms with E-state index in [-0.39, 0.29) is 5.82 Å². The van der Waals surface area contributed by atoms with Crippen LogP contribution in [0.3, 0.4) is 0 Å². The monoisotopic (exact) mass is 327 g/mol. The van der Waals surface area contributed by atoms with Gasteiger partial charge in [0.15, 0.2) is 5.69 Å². The van der Waals surface area contributed by atoms with Gasteiger partial charge in [0.2, 0.25) is 5.82 Å². The summed E-state index contributed by atoms with van der Waals surface area (Å²) in [7, 11) is 0. The molecule has 0 N–H and O–H groups in total. The zero-order chi connectivity index (χ0) is 15.6. The summed E-state index contributed by atoms with van der Waals surface area (Å²) >= 11 is 1.52. The van der Waals surface area contributed by atoms with Gasteiger partial charge in [-0.05, 0) is 29.1 Å². The summed E-state index contributed by atoms with van der Waals surface area (Å²) in [6.45, 7) is 0.489. The number of hydrogen-bond acceptors (Lipinski definition) is 6. The predicted molar refractivity (Wildman–Crippen MR) is 82.1 cm³/mol. The van der Waals surface area contributed by atoms with Gasteiger partial charge in [-0.3, -0.25) is 0 Å². The van der Waals surface area contributed by atoms with E-state index in [2.05, 4.69) is 20.5 Å². The molecule has 3 heterocycles. The van der Waals surface area contributed by atoms with Crippen molar-refractivity contribution in [3.05, 3.63) is 59.4 Å². The van der Waals surface area contributed by atoms with Gasteiger partial charge >= 0.3 is 0 Å². The van der Waals surface area contributed by atoms with E-state index in [1.54, 1.807) is 23.0 Å². The molecule has 4 aromatic rings. The molecule has 3 aromatic heterocycles. The van der Waals surface area contributed by atoms with Crippen molar-refractivity contribution in [1.82, 2.24) is 25.1 Å². The number of thiophene rings is 1. The summed E-state index contributed by atoms with van der Waals surface area (Å²) in [5, 5.41) is 14.0. The molecule has 23 heavy (non-hydrogen) atoms. The molecule has 0 aliphatic carbocycles. The van der Waals surface area contributed by atoms with Crippen LogP contribution < -0.4 is 0 Å². The minimum Gasteiger partial charge on any atom is -0.333 e. The van der Waals surface area contributed by atoms with E-state index in [0.29, 0.717) is 24.0 Å². The smallest absolute Gasteiger partial charge is 0.268 e. The lowest BCUT2D eigenvalue weighted by atomic mass is 10.2. The molecule has 6 nitrogen and oxygen atoms in total. The third-order valence-electron chi connectivity index (χ3n) is 3.18. The van der Waals surface area contributed by atoms with Crippen LogP contribution >= 0.6 is 11.3 Å². The standard InChI is InChI=1S/C15H10FN5OS/c16-11-5-3-10(4-6-11)8-21-9-12(18-20-21)14-17-15(22-19-14)13-2-1-7-23-13/h1-7,9H,8H2. The molecular formula is C15H10FN5OS. The highest BCUT2D eigenvalue weighted by Gasteiger charge is 2.14. The van der Waals surface area contributed by atoms with Crippen molar-refractivity contribution in [2.75, 3.05) is 0 Å². The number of benzene rings is 1. The number of halogens is 1. The molecule has 8 heteroatoms. The molecule has 0 aliphatic heterocycles. The van der Waals surface area contributed by atoms with Gasteiger partial charge in [0, 0.05) is 0 Å². The molecule has 0 amide bonds. The first-order valence-corrected chi connectivity index (χ1v) is 7.68. The van der Waals surface area contributed by atoms with Crippen molar-refractivity contribution in [3.63, 3.8) is 0 Å². The largest absolute Gasteiger partial charge is 0.333 e. The van der Waals surface area contributed by atoms with Crippen molar-refractivity contribution in [2.24, 2.45) is 0 Å². The van der Waals surface area contributed by atoms with E-state index in [4.69, 9.17) is 4.52 Å². The summed E-state index contributed by atoms with van der Waals surface area (Å²) in [5.41, 5.74) is 1.45. The van der Waals surface area contributed by atoms with Crippen molar-refractivity contribution >= 4 is 11.3 Å². The lowest BCUT2D eigenvalue weighted by Gasteiger charge is -1.99. The molecular weight excluding hydrogens is 317 g/mol. The summed E-state index contributed by atoms with van der Waals surface area (Å²) in [6, 6.07) is 10.1. The first-order chi connectivity index (χ1) is 11.3. The van der Waals surface area contributed by atoms with Crippen molar-refractivity contribution in [3.8, 4) is 22.3 Å². The summed E-state index contributed by atoms with van der Waals surface area (Å²) in [4.78, 5) is 5.23. The van der Waals surface area contributed by atoms with Gasteiger partial charge < -0.3 is 4.52 Å². The molecule has 0 saturated heterocycles. The minimum atomic E-state index is -0.263. The normalized spacial score (nSPS) is 11.0. The average Bonchev–Trinajstić information content (AvgIpc) is 3.30. The van der Waals surface area contributed by atoms with Crippen LogP contribution in [0.15, 0.2) is 52.5 Å². The van der Waals surface area contributed by atoms with E-state index in [9.17, 15) is 4.39 Å². The first kappa shape index (κ1) is 13.8. The summed E-state index contributed by atoms with van der Waals surface area (Å²) in [5.74, 6) is 0.586. The number of nitrogens with zero attached hydrogens (tertiary/aromatic N) is 5. The van der Waals surface area contributed by atoms with Crippen LogP contribution in [-0.2, 0) is 6.54 Å². The van der Waals surface area contributed by atoms with Gasteiger partial charge in [0.25, 0.3) is 5.89 Å². The zero-order valence-corrected chi connectivity index (χ0v) is 12.6. The Kier molecular flexibility index (Phi) is 3.43. The first-order valence-electron chi connectivity index (χ1n) is 6.80.